The number of hydrogen-bond donors (Lipinski definition) is 2. The van der Waals surface area contributed by atoms with Gasteiger partial charge in [0.15, 0.2) is 5.82 Å². The number of rotatable bonds is 5. The van der Waals surface area contributed by atoms with E-state index in [4.69, 9.17) is 4.52 Å². The molecule has 0 radical (unpaired) electrons. The van der Waals surface area contributed by atoms with E-state index in [-0.39, 0.29) is 24.4 Å². The van der Waals surface area contributed by atoms with E-state index >= 15 is 0 Å². The van der Waals surface area contributed by atoms with Gasteiger partial charge in [0.1, 0.15) is 0 Å². The molecule has 24 heavy (non-hydrogen) atoms. The summed E-state index contributed by atoms with van der Waals surface area (Å²) in [6.07, 6.45) is 5.60. The van der Waals surface area contributed by atoms with Crippen LogP contribution in [0.3, 0.4) is 0 Å². The van der Waals surface area contributed by atoms with Crippen LogP contribution in [0.15, 0.2) is 20.3 Å². The molecule has 1 fully saturated rings. The van der Waals surface area contributed by atoms with Gasteiger partial charge in [-0.25, -0.2) is 4.79 Å². The number of amides is 1. The van der Waals surface area contributed by atoms with Crippen molar-refractivity contribution < 1.29 is 9.32 Å². The first-order chi connectivity index (χ1) is 11.5. The maximum absolute atomic E-state index is 12.0. The van der Waals surface area contributed by atoms with Gasteiger partial charge in [-0.1, -0.05) is 18.0 Å². The van der Waals surface area contributed by atoms with Crippen LogP contribution in [0.2, 0.25) is 0 Å². The molecule has 2 N–H and O–H groups in total. The van der Waals surface area contributed by atoms with Crippen molar-refractivity contribution in [1.82, 2.24) is 25.0 Å². The highest BCUT2D eigenvalue weighted by Gasteiger charge is 2.23. The van der Waals surface area contributed by atoms with E-state index in [0.29, 0.717) is 17.6 Å². The second kappa shape index (κ2) is 6.81. The molecular formula is C15H19N5O4. The van der Waals surface area contributed by atoms with Crippen LogP contribution in [0.1, 0.15) is 48.9 Å². The van der Waals surface area contributed by atoms with Gasteiger partial charge in [0, 0.05) is 24.7 Å². The van der Waals surface area contributed by atoms with Gasteiger partial charge in [0.2, 0.25) is 11.8 Å². The molecule has 2 aromatic heterocycles. The van der Waals surface area contributed by atoms with Crippen molar-refractivity contribution >= 4 is 5.91 Å². The molecule has 128 valence electrons. The van der Waals surface area contributed by atoms with Gasteiger partial charge in [-0.15, -0.1) is 0 Å². The minimum Gasteiger partial charge on any atom is -0.348 e. The maximum atomic E-state index is 12.0. The van der Waals surface area contributed by atoms with Crippen molar-refractivity contribution in [3.8, 4) is 0 Å². The topological polar surface area (TPSA) is 123 Å². The van der Waals surface area contributed by atoms with E-state index < -0.39 is 11.2 Å². The van der Waals surface area contributed by atoms with Gasteiger partial charge in [-0.3, -0.25) is 14.2 Å². The van der Waals surface area contributed by atoms with Crippen LogP contribution < -0.4 is 16.6 Å². The number of H-pyrrole nitrogens is 1. The molecule has 2 heterocycles. The summed E-state index contributed by atoms with van der Waals surface area (Å²) in [5.41, 5.74) is -0.790. The van der Waals surface area contributed by atoms with Crippen LogP contribution in [0, 0.1) is 0 Å². The molecule has 9 heteroatoms. The normalized spacial score (nSPS) is 14.9. The first-order valence-corrected chi connectivity index (χ1v) is 7.91. The molecule has 0 unspecified atom stereocenters. The van der Waals surface area contributed by atoms with Gasteiger partial charge in [0.05, 0.1) is 13.0 Å². The van der Waals surface area contributed by atoms with Crippen molar-refractivity contribution in [3.63, 3.8) is 0 Å². The Morgan fingerprint density at radius 3 is 2.92 bits per heavy atom. The Hall–Kier alpha value is -2.71. The second-order valence-corrected chi connectivity index (χ2v) is 5.97. The third-order valence-electron chi connectivity index (χ3n) is 4.24. The lowest BCUT2D eigenvalue weighted by Crippen LogP contribution is -2.36. The Labute approximate surface area is 137 Å². The summed E-state index contributed by atoms with van der Waals surface area (Å²) in [5.74, 6) is 1.02. The number of aromatic nitrogens is 4. The number of nitrogens with one attached hydrogen (secondary N) is 2. The van der Waals surface area contributed by atoms with E-state index in [1.165, 1.54) is 26.1 Å². The lowest BCUT2D eigenvalue weighted by atomic mass is 10.1. The molecule has 0 atom stereocenters. The largest absolute Gasteiger partial charge is 0.348 e. The summed E-state index contributed by atoms with van der Waals surface area (Å²) >= 11 is 0. The fourth-order valence-electron chi connectivity index (χ4n) is 2.83. The predicted molar refractivity (Wildman–Crippen MR) is 83.4 cm³/mol. The minimum absolute atomic E-state index is 0.128. The zero-order chi connectivity index (χ0) is 17.1. The number of carbonyl (C=O) groups excluding carboxylic acids is 1. The van der Waals surface area contributed by atoms with Gasteiger partial charge < -0.3 is 14.8 Å². The quantitative estimate of drug-likeness (QED) is 0.792. The highest BCUT2D eigenvalue weighted by Crippen LogP contribution is 2.32. The summed E-state index contributed by atoms with van der Waals surface area (Å²) in [6.45, 7) is 0.138. The van der Waals surface area contributed by atoms with Crippen molar-refractivity contribution in [2.75, 3.05) is 0 Å². The first-order valence-electron chi connectivity index (χ1n) is 7.91. The van der Waals surface area contributed by atoms with Crippen LogP contribution in [0.5, 0.6) is 0 Å². The summed E-state index contributed by atoms with van der Waals surface area (Å²) < 4.78 is 6.17. The van der Waals surface area contributed by atoms with Crippen LogP contribution in [0.25, 0.3) is 0 Å². The lowest BCUT2D eigenvalue weighted by Gasteiger charge is -2.03. The lowest BCUT2D eigenvalue weighted by molar-refractivity contribution is -0.120. The van der Waals surface area contributed by atoms with Gasteiger partial charge in [-0.2, -0.15) is 4.98 Å². The standard InChI is InChI=1S/C15H19N5O4/c1-20-14(22)10(7-17-15(20)23)6-12(21)16-8-11-18-13(24-19-11)9-4-2-3-5-9/h7,9H,2-6,8H2,1H3,(H,16,21)(H,17,23). The molecular weight excluding hydrogens is 314 g/mol. The van der Waals surface area contributed by atoms with Gasteiger partial charge in [-0.05, 0) is 12.8 Å². The molecule has 1 aliphatic rings. The molecule has 0 saturated heterocycles. The van der Waals surface area contributed by atoms with E-state index in [0.717, 1.165) is 17.4 Å². The first kappa shape index (κ1) is 16.2. The Kier molecular flexibility index (Phi) is 4.59. The third kappa shape index (κ3) is 3.44. The van der Waals surface area contributed by atoms with Crippen LogP contribution in [-0.4, -0.2) is 25.6 Å². The monoisotopic (exact) mass is 333 g/mol. The Bertz CT molecular complexity index is 844. The van der Waals surface area contributed by atoms with Crippen LogP contribution >= 0.6 is 0 Å². The summed E-state index contributed by atoms with van der Waals surface area (Å²) in [7, 11) is 1.35. The average Bonchev–Trinajstić information content (AvgIpc) is 3.24. The highest BCUT2D eigenvalue weighted by atomic mass is 16.5. The third-order valence-corrected chi connectivity index (χ3v) is 4.24. The predicted octanol–water partition coefficient (Wildman–Crippen LogP) is -0.0269. The van der Waals surface area contributed by atoms with E-state index in [1.54, 1.807) is 0 Å². The van der Waals surface area contributed by atoms with Crippen molar-refractivity contribution in [2.24, 2.45) is 7.05 Å². The second-order valence-electron chi connectivity index (χ2n) is 5.97. The molecule has 1 saturated carbocycles. The summed E-state index contributed by atoms with van der Waals surface area (Å²) in [4.78, 5) is 41.8. The van der Waals surface area contributed by atoms with Crippen molar-refractivity contribution in [2.45, 2.75) is 44.6 Å². The van der Waals surface area contributed by atoms with E-state index in [9.17, 15) is 14.4 Å². The smallest absolute Gasteiger partial charge is 0.328 e. The SMILES string of the molecule is Cn1c(=O)[nH]cc(CC(=O)NCc2noc(C3CCCC3)n2)c1=O. The molecule has 0 bridgehead atoms. The molecule has 0 spiro atoms. The molecule has 1 amide bonds. The van der Waals surface area contributed by atoms with Crippen LogP contribution in [0.4, 0.5) is 0 Å². The Balaban J connectivity index is 1.57. The van der Waals surface area contributed by atoms with Gasteiger partial charge in [0.25, 0.3) is 5.56 Å². The number of carbonyl (C=O) groups is 1. The Morgan fingerprint density at radius 2 is 2.17 bits per heavy atom. The van der Waals surface area contributed by atoms with E-state index in [1.807, 2.05) is 0 Å². The average molecular weight is 333 g/mol. The molecule has 0 aliphatic heterocycles. The number of aromatic amines is 1. The molecule has 1 aliphatic carbocycles. The summed E-state index contributed by atoms with van der Waals surface area (Å²) in [6, 6.07) is 0. The number of hydrogen-bond acceptors (Lipinski definition) is 6. The fraction of sp³-hybridized carbons (Fsp3) is 0.533. The number of nitrogens with zero attached hydrogens (tertiary/aromatic N) is 3. The molecule has 2 aromatic rings. The van der Waals surface area contributed by atoms with E-state index in [2.05, 4.69) is 20.4 Å². The summed E-state index contributed by atoms with van der Waals surface area (Å²) in [5, 5.41) is 6.52. The highest BCUT2D eigenvalue weighted by molar-refractivity contribution is 5.78. The molecule has 0 aromatic carbocycles. The van der Waals surface area contributed by atoms with Crippen molar-refractivity contribution in [1.29, 1.82) is 0 Å². The van der Waals surface area contributed by atoms with Gasteiger partial charge >= 0.3 is 5.69 Å². The zero-order valence-corrected chi connectivity index (χ0v) is 13.4. The molecule has 9 nitrogen and oxygen atoms in total. The fourth-order valence-corrected chi connectivity index (χ4v) is 2.83. The van der Waals surface area contributed by atoms with Crippen LogP contribution in [-0.2, 0) is 24.8 Å². The molecule has 3 rings (SSSR count). The maximum Gasteiger partial charge on any atom is 0.328 e. The Morgan fingerprint density at radius 1 is 1.42 bits per heavy atom. The zero-order valence-electron chi connectivity index (χ0n) is 13.4. The van der Waals surface area contributed by atoms with Crippen molar-refractivity contribution in [3.05, 3.63) is 44.3 Å². The minimum atomic E-state index is -0.518.